The molecule has 0 bridgehead atoms. The van der Waals surface area contributed by atoms with E-state index in [0.29, 0.717) is 0 Å². The van der Waals surface area contributed by atoms with Crippen LogP contribution in [0.4, 0.5) is 0 Å². The van der Waals surface area contributed by atoms with Crippen molar-refractivity contribution in [3.63, 3.8) is 0 Å². The molecule has 88 valence electrons. The topological polar surface area (TPSA) is 73.1 Å². The Morgan fingerprint density at radius 1 is 1.40 bits per heavy atom. The zero-order chi connectivity index (χ0) is 12.1. The summed E-state index contributed by atoms with van der Waals surface area (Å²) in [7, 11) is 1.41. The molecule has 0 aliphatic carbocycles. The van der Waals surface area contributed by atoms with Crippen molar-refractivity contribution in [3.05, 3.63) is 11.0 Å². The quantitative estimate of drug-likeness (QED) is 0.389. The van der Waals surface area contributed by atoms with Crippen molar-refractivity contribution in [1.82, 2.24) is 0 Å². The van der Waals surface area contributed by atoms with Gasteiger partial charge in [0, 0.05) is 7.05 Å². The summed E-state index contributed by atoms with van der Waals surface area (Å²) < 4.78 is 0. The number of allylic oxidation sites excluding steroid dienone is 2. The smallest absolute Gasteiger partial charge is 0.328 e. The maximum Gasteiger partial charge on any atom is 0.328 e. The molecule has 0 heterocycles. The van der Waals surface area contributed by atoms with Crippen molar-refractivity contribution in [2.45, 2.75) is 33.2 Å². The van der Waals surface area contributed by atoms with Crippen molar-refractivity contribution in [3.8, 4) is 0 Å². The van der Waals surface area contributed by atoms with Crippen LogP contribution in [0.25, 0.3) is 0 Å². The predicted molar refractivity (Wildman–Crippen MR) is 63.5 cm³/mol. The number of aliphatic hydroxyl groups is 3. The highest BCUT2D eigenvalue weighted by molar-refractivity contribution is 8.17. The third-order valence-corrected chi connectivity index (χ3v) is 3.20. The molecule has 5 heteroatoms. The van der Waals surface area contributed by atoms with Crippen LogP contribution in [0, 0.1) is 5.92 Å². The zero-order valence-electron chi connectivity index (χ0n) is 9.56. The first-order valence-electron chi connectivity index (χ1n) is 4.85. The fourth-order valence-corrected chi connectivity index (χ4v) is 1.91. The summed E-state index contributed by atoms with van der Waals surface area (Å²) in [5.74, 6) is -2.59. The first-order chi connectivity index (χ1) is 6.82. The van der Waals surface area contributed by atoms with Gasteiger partial charge >= 0.3 is 5.97 Å². The second-order valence-electron chi connectivity index (χ2n) is 3.44. The molecule has 0 saturated carbocycles. The minimum Gasteiger partial charge on any atom is -0.338 e. The van der Waals surface area contributed by atoms with Crippen LogP contribution < -0.4 is 0 Å². The van der Waals surface area contributed by atoms with Gasteiger partial charge in [-0.2, -0.15) is 0 Å². The lowest BCUT2D eigenvalue weighted by Gasteiger charge is -2.18. The van der Waals surface area contributed by atoms with Gasteiger partial charge in [-0.3, -0.25) is 4.99 Å². The Kier molecular flexibility index (Phi) is 6.12. The number of thioether (sulfide) groups is 1. The predicted octanol–water partition coefficient (Wildman–Crippen LogP) is 1.33. The molecule has 0 aromatic rings. The monoisotopic (exact) mass is 233 g/mol. The molecule has 0 aromatic heterocycles. The second kappa shape index (κ2) is 6.27. The third kappa shape index (κ3) is 5.32. The van der Waals surface area contributed by atoms with Crippen molar-refractivity contribution >= 4 is 16.8 Å². The molecule has 0 saturated heterocycles. The summed E-state index contributed by atoms with van der Waals surface area (Å²) >= 11 is 1.09. The highest BCUT2D eigenvalue weighted by Gasteiger charge is 2.28. The van der Waals surface area contributed by atoms with E-state index in [9.17, 15) is 0 Å². The van der Waals surface area contributed by atoms with E-state index in [2.05, 4.69) is 4.99 Å². The Hall–Kier alpha value is -0.360. The van der Waals surface area contributed by atoms with Gasteiger partial charge in [-0.15, -0.1) is 0 Å². The van der Waals surface area contributed by atoms with Crippen molar-refractivity contribution in [1.29, 1.82) is 0 Å². The molecular formula is C10H19NO3S. The zero-order valence-corrected chi connectivity index (χ0v) is 10.4. The van der Waals surface area contributed by atoms with Gasteiger partial charge in [0.05, 0.1) is 0 Å². The second-order valence-corrected chi connectivity index (χ2v) is 4.50. The van der Waals surface area contributed by atoms with Crippen LogP contribution in [0.5, 0.6) is 0 Å². The molecule has 0 amide bonds. The van der Waals surface area contributed by atoms with E-state index in [1.165, 1.54) is 7.05 Å². The van der Waals surface area contributed by atoms with E-state index in [1.807, 2.05) is 26.8 Å². The van der Waals surface area contributed by atoms with Crippen molar-refractivity contribution < 1.29 is 15.3 Å². The number of rotatable bonds is 4. The molecule has 0 fully saturated rings. The Morgan fingerprint density at radius 2 is 1.93 bits per heavy atom. The summed E-state index contributed by atoms with van der Waals surface area (Å²) in [5.41, 5.74) is 0. The van der Waals surface area contributed by atoms with Gasteiger partial charge in [0.15, 0.2) is 5.04 Å². The first-order valence-corrected chi connectivity index (χ1v) is 5.66. The maximum atomic E-state index is 9.01. The molecule has 0 aliphatic heterocycles. The summed E-state index contributed by atoms with van der Waals surface area (Å²) in [5, 5.41) is 26.9. The first kappa shape index (κ1) is 14.6. The lowest BCUT2D eigenvalue weighted by molar-refractivity contribution is -0.253. The molecular weight excluding hydrogens is 214 g/mol. The molecule has 0 spiro atoms. The minimum atomic E-state index is -2.85. The molecule has 0 aromatic carbocycles. The van der Waals surface area contributed by atoms with E-state index >= 15 is 0 Å². The van der Waals surface area contributed by atoms with Gasteiger partial charge in [-0.25, -0.2) is 0 Å². The van der Waals surface area contributed by atoms with Gasteiger partial charge < -0.3 is 15.3 Å². The molecule has 0 rings (SSSR count). The van der Waals surface area contributed by atoms with E-state index in [0.717, 1.165) is 23.1 Å². The summed E-state index contributed by atoms with van der Waals surface area (Å²) in [6, 6.07) is 0. The van der Waals surface area contributed by atoms with Crippen LogP contribution in [0.15, 0.2) is 16.0 Å². The van der Waals surface area contributed by atoms with Crippen LogP contribution in [0.3, 0.4) is 0 Å². The molecule has 0 atom stereocenters. The Balaban J connectivity index is 4.75. The van der Waals surface area contributed by atoms with E-state index in [1.54, 1.807) is 0 Å². The van der Waals surface area contributed by atoms with E-state index in [-0.39, 0.29) is 11.0 Å². The average molecular weight is 233 g/mol. The Labute approximate surface area is 94.7 Å². The molecule has 3 N–H and O–H groups in total. The number of nitrogens with zero attached hydrogens (tertiary/aromatic N) is 1. The summed E-state index contributed by atoms with van der Waals surface area (Å²) in [6.07, 6.45) is 2.83. The lowest BCUT2D eigenvalue weighted by atomic mass is 10.2. The minimum absolute atomic E-state index is 0.115. The largest absolute Gasteiger partial charge is 0.338 e. The van der Waals surface area contributed by atoms with Crippen molar-refractivity contribution in [2.75, 3.05) is 7.05 Å². The van der Waals surface area contributed by atoms with Crippen molar-refractivity contribution in [2.24, 2.45) is 10.9 Å². The standard InChI is InChI=1S/C10H19NO3S/c1-5-6-8(7(2)3)15-9(11-4)10(12,13)14/h6-7,12-14H,5H2,1-4H3/b8-6-,11-9?. The highest BCUT2D eigenvalue weighted by atomic mass is 32.2. The van der Waals surface area contributed by atoms with Gasteiger partial charge in [0.25, 0.3) is 0 Å². The fourth-order valence-electron chi connectivity index (χ4n) is 0.972. The lowest BCUT2D eigenvalue weighted by Crippen LogP contribution is -2.36. The summed E-state index contributed by atoms with van der Waals surface area (Å²) in [4.78, 5) is 4.61. The van der Waals surface area contributed by atoms with Gasteiger partial charge in [-0.1, -0.05) is 38.6 Å². The normalized spacial score (nSPS) is 14.9. The van der Waals surface area contributed by atoms with Crippen LogP contribution in [0.1, 0.15) is 27.2 Å². The number of hydrogen-bond acceptors (Lipinski definition) is 5. The number of hydrogen-bond donors (Lipinski definition) is 3. The van der Waals surface area contributed by atoms with Crippen LogP contribution in [-0.2, 0) is 0 Å². The third-order valence-electron chi connectivity index (χ3n) is 1.68. The van der Waals surface area contributed by atoms with E-state index < -0.39 is 5.97 Å². The van der Waals surface area contributed by atoms with Crippen LogP contribution >= 0.6 is 11.8 Å². The van der Waals surface area contributed by atoms with Crippen LogP contribution in [-0.4, -0.2) is 33.4 Å². The van der Waals surface area contributed by atoms with Gasteiger partial charge in [0.1, 0.15) is 0 Å². The Bertz CT molecular complexity index is 254. The maximum absolute atomic E-state index is 9.01. The van der Waals surface area contributed by atoms with E-state index in [4.69, 9.17) is 15.3 Å². The SMILES string of the molecule is CC/C=C(\SC(=NC)C(O)(O)O)C(C)C. The average Bonchev–Trinajstić information content (AvgIpc) is 2.09. The molecule has 0 aliphatic rings. The molecule has 0 radical (unpaired) electrons. The van der Waals surface area contributed by atoms with Gasteiger partial charge in [0.2, 0.25) is 0 Å². The Morgan fingerprint density at radius 3 is 2.20 bits per heavy atom. The fraction of sp³-hybridized carbons (Fsp3) is 0.700. The highest BCUT2D eigenvalue weighted by Crippen LogP contribution is 2.28. The molecule has 15 heavy (non-hydrogen) atoms. The van der Waals surface area contributed by atoms with Crippen LogP contribution in [0.2, 0.25) is 0 Å². The number of aliphatic imine (C=N–C) groups is 1. The molecule has 0 unspecified atom stereocenters. The summed E-state index contributed by atoms with van der Waals surface area (Å²) in [6.45, 7) is 5.99. The van der Waals surface area contributed by atoms with Gasteiger partial charge in [-0.05, 0) is 17.2 Å². The molecule has 4 nitrogen and oxygen atoms in total.